The average Bonchev–Trinajstić information content (AvgIpc) is 2.20. The summed E-state index contributed by atoms with van der Waals surface area (Å²) < 4.78 is 6.63. The van der Waals surface area contributed by atoms with Crippen molar-refractivity contribution in [2.75, 3.05) is 18.6 Å². The molecule has 0 aliphatic heterocycles. The van der Waals surface area contributed by atoms with Gasteiger partial charge in [-0.1, -0.05) is 12.1 Å². The molecule has 2 nitrogen and oxygen atoms in total. The second-order valence-electron chi connectivity index (χ2n) is 2.77. The Morgan fingerprint density at radius 1 is 1.50 bits per heavy atom. The summed E-state index contributed by atoms with van der Waals surface area (Å²) in [6.07, 6.45) is 2.06. The Kier molecular flexibility index (Phi) is 5.37. The van der Waals surface area contributed by atoms with Gasteiger partial charge in [0, 0.05) is 17.9 Å². The first-order valence-corrected chi connectivity index (χ1v) is 6.57. The molecule has 78 valence electrons. The minimum atomic E-state index is 0.508. The topological polar surface area (TPSA) is 35.2 Å². The summed E-state index contributed by atoms with van der Waals surface area (Å²) in [4.78, 5) is 0. The third-order valence-electron chi connectivity index (χ3n) is 1.80. The van der Waals surface area contributed by atoms with Crippen LogP contribution in [0.2, 0.25) is 0 Å². The second-order valence-corrected chi connectivity index (χ2v) is 4.61. The fourth-order valence-electron chi connectivity index (χ4n) is 1.10. The number of hydrogen-bond donors (Lipinski definition) is 1. The van der Waals surface area contributed by atoms with E-state index in [0.717, 1.165) is 28.1 Å². The number of rotatable bonds is 5. The molecule has 0 unspecified atom stereocenters. The maximum atomic E-state index is 5.65. The molecule has 0 saturated carbocycles. The Balaban J connectivity index is 2.72. The van der Waals surface area contributed by atoms with Crippen molar-refractivity contribution >= 4 is 27.7 Å². The fourth-order valence-corrected chi connectivity index (χ4v) is 1.87. The first-order chi connectivity index (χ1) is 6.79. The third kappa shape index (κ3) is 3.19. The predicted octanol–water partition coefficient (Wildman–Crippen LogP) is 2.65. The molecule has 0 saturated heterocycles. The second kappa shape index (κ2) is 6.32. The molecular formula is C10H14BrNOS. The fraction of sp³-hybridized carbons (Fsp3) is 0.400. The maximum Gasteiger partial charge on any atom is 0.137 e. The molecule has 0 heterocycles. The summed E-state index contributed by atoms with van der Waals surface area (Å²) in [6, 6.07) is 5.92. The molecule has 1 rings (SSSR count). The summed E-state index contributed by atoms with van der Waals surface area (Å²) >= 11 is 5.22. The SMILES string of the molecule is CSCCOc1c(Br)cccc1CN. The van der Waals surface area contributed by atoms with E-state index in [9.17, 15) is 0 Å². The van der Waals surface area contributed by atoms with Crippen molar-refractivity contribution in [1.82, 2.24) is 0 Å². The standard InChI is InChI=1S/C10H14BrNOS/c1-14-6-5-13-10-8(7-12)3-2-4-9(10)11/h2-4H,5-7,12H2,1H3. The average molecular weight is 276 g/mol. The molecule has 1 aromatic rings. The molecule has 0 fully saturated rings. The summed E-state index contributed by atoms with van der Waals surface area (Å²) in [6.45, 7) is 1.23. The van der Waals surface area contributed by atoms with E-state index in [0.29, 0.717) is 6.54 Å². The van der Waals surface area contributed by atoms with Gasteiger partial charge in [0.1, 0.15) is 5.75 Å². The zero-order valence-electron chi connectivity index (χ0n) is 8.13. The van der Waals surface area contributed by atoms with E-state index in [2.05, 4.69) is 22.2 Å². The van der Waals surface area contributed by atoms with Crippen LogP contribution in [-0.4, -0.2) is 18.6 Å². The number of halogens is 1. The molecule has 0 aliphatic rings. The molecule has 1 aromatic carbocycles. The quantitative estimate of drug-likeness (QED) is 0.840. The predicted molar refractivity (Wildman–Crippen MR) is 65.9 cm³/mol. The van der Waals surface area contributed by atoms with E-state index >= 15 is 0 Å². The smallest absolute Gasteiger partial charge is 0.137 e. The van der Waals surface area contributed by atoms with Crippen LogP contribution >= 0.6 is 27.7 Å². The van der Waals surface area contributed by atoms with Gasteiger partial charge in [0.05, 0.1) is 11.1 Å². The molecule has 14 heavy (non-hydrogen) atoms. The van der Waals surface area contributed by atoms with Crippen LogP contribution in [0.4, 0.5) is 0 Å². The highest BCUT2D eigenvalue weighted by Crippen LogP contribution is 2.28. The van der Waals surface area contributed by atoms with Crippen LogP contribution in [0.1, 0.15) is 5.56 Å². The molecule has 0 aliphatic carbocycles. The van der Waals surface area contributed by atoms with Gasteiger partial charge in [-0.25, -0.2) is 0 Å². The Hall–Kier alpha value is -0.190. The van der Waals surface area contributed by atoms with E-state index in [1.54, 1.807) is 11.8 Å². The lowest BCUT2D eigenvalue weighted by molar-refractivity contribution is 0.338. The van der Waals surface area contributed by atoms with Gasteiger partial charge in [-0.05, 0) is 28.3 Å². The van der Waals surface area contributed by atoms with Crippen molar-refractivity contribution in [3.8, 4) is 5.75 Å². The zero-order valence-corrected chi connectivity index (χ0v) is 10.5. The lowest BCUT2D eigenvalue weighted by atomic mass is 10.2. The van der Waals surface area contributed by atoms with E-state index < -0.39 is 0 Å². The minimum Gasteiger partial charge on any atom is -0.491 e. The van der Waals surface area contributed by atoms with Gasteiger partial charge < -0.3 is 10.5 Å². The first kappa shape index (κ1) is 11.9. The van der Waals surface area contributed by atoms with Gasteiger partial charge in [-0.15, -0.1) is 0 Å². The van der Waals surface area contributed by atoms with Gasteiger partial charge in [0.2, 0.25) is 0 Å². The Bertz CT molecular complexity index is 293. The molecular weight excluding hydrogens is 262 g/mol. The van der Waals surface area contributed by atoms with Gasteiger partial charge in [0.25, 0.3) is 0 Å². The Labute approximate surface area is 97.3 Å². The van der Waals surface area contributed by atoms with E-state index in [4.69, 9.17) is 10.5 Å². The zero-order chi connectivity index (χ0) is 10.4. The van der Waals surface area contributed by atoms with Crippen LogP contribution in [0.15, 0.2) is 22.7 Å². The molecule has 0 atom stereocenters. The van der Waals surface area contributed by atoms with Crippen molar-refractivity contribution in [3.63, 3.8) is 0 Å². The number of ether oxygens (including phenoxy) is 1. The number of nitrogens with two attached hydrogens (primary N) is 1. The molecule has 0 amide bonds. The highest BCUT2D eigenvalue weighted by molar-refractivity contribution is 9.10. The van der Waals surface area contributed by atoms with E-state index in [1.165, 1.54) is 0 Å². The summed E-state index contributed by atoms with van der Waals surface area (Å²) in [5, 5.41) is 0. The van der Waals surface area contributed by atoms with Crippen molar-refractivity contribution in [3.05, 3.63) is 28.2 Å². The first-order valence-electron chi connectivity index (χ1n) is 4.38. The Morgan fingerprint density at radius 3 is 2.93 bits per heavy atom. The lowest BCUT2D eigenvalue weighted by Crippen LogP contribution is -2.05. The van der Waals surface area contributed by atoms with Crippen LogP contribution < -0.4 is 10.5 Å². The molecule has 0 bridgehead atoms. The van der Waals surface area contributed by atoms with Crippen LogP contribution in [-0.2, 0) is 6.54 Å². The van der Waals surface area contributed by atoms with Crippen molar-refractivity contribution in [2.45, 2.75) is 6.54 Å². The molecule has 0 aromatic heterocycles. The van der Waals surface area contributed by atoms with Crippen LogP contribution in [0.5, 0.6) is 5.75 Å². The minimum absolute atomic E-state index is 0.508. The maximum absolute atomic E-state index is 5.65. The lowest BCUT2D eigenvalue weighted by Gasteiger charge is -2.11. The van der Waals surface area contributed by atoms with E-state index in [-0.39, 0.29) is 0 Å². The molecule has 4 heteroatoms. The number of hydrogen-bond acceptors (Lipinski definition) is 3. The number of para-hydroxylation sites is 1. The van der Waals surface area contributed by atoms with Crippen molar-refractivity contribution in [1.29, 1.82) is 0 Å². The highest BCUT2D eigenvalue weighted by atomic mass is 79.9. The van der Waals surface area contributed by atoms with Gasteiger partial charge in [-0.3, -0.25) is 0 Å². The summed E-state index contributed by atoms with van der Waals surface area (Å²) in [7, 11) is 0. The van der Waals surface area contributed by atoms with Crippen LogP contribution in [0.3, 0.4) is 0 Å². The van der Waals surface area contributed by atoms with Crippen molar-refractivity contribution < 1.29 is 4.74 Å². The molecule has 2 N–H and O–H groups in total. The molecule has 0 spiro atoms. The summed E-state index contributed by atoms with van der Waals surface area (Å²) in [5.41, 5.74) is 6.66. The third-order valence-corrected chi connectivity index (χ3v) is 3.00. The molecule has 0 radical (unpaired) electrons. The monoisotopic (exact) mass is 275 g/mol. The van der Waals surface area contributed by atoms with E-state index in [1.807, 2.05) is 18.2 Å². The van der Waals surface area contributed by atoms with Gasteiger partial charge in [-0.2, -0.15) is 11.8 Å². The number of thioether (sulfide) groups is 1. The van der Waals surface area contributed by atoms with Crippen LogP contribution in [0, 0.1) is 0 Å². The Morgan fingerprint density at radius 2 is 2.29 bits per heavy atom. The van der Waals surface area contributed by atoms with Crippen molar-refractivity contribution in [2.24, 2.45) is 5.73 Å². The summed E-state index contributed by atoms with van der Waals surface area (Å²) in [5.74, 6) is 1.87. The highest BCUT2D eigenvalue weighted by Gasteiger charge is 2.05. The number of benzene rings is 1. The van der Waals surface area contributed by atoms with Gasteiger partial charge in [0.15, 0.2) is 0 Å². The largest absolute Gasteiger partial charge is 0.491 e. The van der Waals surface area contributed by atoms with Gasteiger partial charge >= 0.3 is 0 Å². The van der Waals surface area contributed by atoms with Crippen LogP contribution in [0.25, 0.3) is 0 Å². The normalized spacial score (nSPS) is 10.2.